The summed E-state index contributed by atoms with van der Waals surface area (Å²) >= 11 is 1.17. The number of nitrogens with zero attached hydrogens (tertiary/aromatic N) is 1. The van der Waals surface area contributed by atoms with Crippen LogP contribution in [0.3, 0.4) is 0 Å². The summed E-state index contributed by atoms with van der Waals surface area (Å²) in [6.07, 6.45) is 2.06. The van der Waals surface area contributed by atoms with E-state index in [2.05, 4.69) is 4.98 Å². The summed E-state index contributed by atoms with van der Waals surface area (Å²) in [7, 11) is 0. The molecule has 1 saturated heterocycles. The van der Waals surface area contributed by atoms with Gasteiger partial charge in [0.1, 0.15) is 11.0 Å². The third-order valence-electron chi connectivity index (χ3n) is 2.94. The van der Waals surface area contributed by atoms with E-state index in [0.717, 1.165) is 17.0 Å². The van der Waals surface area contributed by atoms with E-state index in [4.69, 9.17) is 9.47 Å². The van der Waals surface area contributed by atoms with Gasteiger partial charge < -0.3 is 19.4 Å². The van der Waals surface area contributed by atoms with Crippen molar-refractivity contribution < 1.29 is 38.2 Å². The fourth-order valence-corrected chi connectivity index (χ4v) is 3.22. The van der Waals surface area contributed by atoms with E-state index in [0.29, 0.717) is 26.1 Å². The van der Waals surface area contributed by atoms with Gasteiger partial charge in [0.2, 0.25) is 0 Å². The molecular formula is C10H10LiNO4S. The van der Waals surface area contributed by atoms with Crippen molar-refractivity contribution >= 4 is 17.3 Å². The van der Waals surface area contributed by atoms with Gasteiger partial charge in [-0.05, 0) is 6.42 Å². The van der Waals surface area contributed by atoms with Crippen molar-refractivity contribution in [1.29, 1.82) is 0 Å². The van der Waals surface area contributed by atoms with Crippen molar-refractivity contribution in [3.05, 3.63) is 15.6 Å². The van der Waals surface area contributed by atoms with Gasteiger partial charge in [-0.15, -0.1) is 11.3 Å². The average Bonchev–Trinajstić information content (AvgIpc) is 2.85. The number of carboxylic acids is 1. The molecule has 1 aromatic heterocycles. The van der Waals surface area contributed by atoms with Crippen LogP contribution < -0.4 is 24.0 Å². The van der Waals surface area contributed by atoms with Crippen LogP contribution in [0.15, 0.2) is 0 Å². The molecule has 1 fully saturated rings. The number of hydrogen-bond acceptors (Lipinski definition) is 6. The molecule has 3 rings (SSSR count). The fourth-order valence-electron chi connectivity index (χ4n) is 2.19. The molecule has 1 aromatic rings. The Labute approximate surface area is 114 Å². The molecule has 0 radical (unpaired) electrons. The minimum absolute atomic E-state index is 0. The van der Waals surface area contributed by atoms with Gasteiger partial charge in [-0.1, -0.05) is 0 Å². The first-order valence-corrected chi connectivity index (χ1v) is 5.98. The predicted octanol–water partition coefficient (Wildman–Crippen LogP) is -3.26. The summed E-state index contributed by atoms with van der Waals surface area (Å²) in [4.78, 5) is 15.7. The van der Waals surface area contributed by atoms with Gasteiger partial charge in [-0.2, -0.15) is 0 Å². The van der Waals surface area contributed by atoms with E-state index in [9.17, 15) is 9.90 Å². The Hall–Kier alpha value is -0.383. The molecule has 86 valence electrons. The van der Waals surface area contributed by atoms with Gasteiger partial charge >= 0.3 is 18.9 Å². The van der Waals surface area contributed by atoms with Crippen molar-refractivity contribution in [2.75, 3.05) is 13.2 Å². The zero-order valence-corrected chi connectivity index (χ0v) is 10.3. The van der Waals surface area contributed by atoms with Crippen LogP contribution in [0.4, 0.5) is 0 Å². The molecule has 0 amide bonds. The molecule has 1 aliphatic heterocycles. The monoisotopic (exact) mass is 247 g/mol. The summed E-state index contributed by atoms with van der Waals surface area (Å²) in [6, 6.07) is 0. The zero-order chi connectivity index (χ0) is 11.2. The Bertz CT molecular complexity index is 442. The maximum Gasteiger partial charge on any atom is 1.00 e. The van der Waals surface area contributed by atoms with Crippen LogP contribution in [0.25, 0.3) is 0 Å². The van der Waals surface area contributed by atoms with Gasteiger partial charge in [0.25, 0.3) is 0 Å². The SMILES string of the molecule is O=C([O-])c1nc2c(s1)CC1(CC2)OCCO1.[Li+]. The smallest absolute Gasteiger partial charge is 0.542 e. The number of carbonyl (C=O) groups excluding carboxylic acids is 1. The van der Waals surface area contributed by atoms with Gasteiger partial charge in [0.05, 0.1) is 18.9 Å². The minimum Gasteiger partial charge on any atom is -0.542 e. The molecule has 1 aliphatic carbocycles. The number of hydrogen-bond donors (Lipinski definition) is 0. The van der Waals surface area contributed by atoms with Gasteiger partial charge in [-0.25, -0.2) is 4.98 Å². The number of ether oxygens (including phenoxy) is 2. The van der Waals surface area contributed by atoms with Crippen LogP contribution in [0.2, 0.25) is 0 Å². The first kappa shape index (κ1) is 13.1. The number of carboxylic acid groups (broad SMARTS) is 1. The maximum atomic E-state index is 10.7. The number of thiazole rings is 1. The van der Waals surface area contributed by atoms with Crippen LogP contribution in [0.1, 0.15) is 26.8 Å². The van der Waals surface area contributed by atoms with Crippen LogP contribution in [-0.2, 0) is 22.3 Å². The summed E-state index contributed by atoms with van der Waals surface area (Å²) < 4.78 is 11.2. The molecule has 0 atom stereocenters. The first-order valence-electron chi connectivity index (χ1n) is 5.16. The largest absolute Gasteiger partial charge is 1.00 e. The van der Waals surface area contributed by atoms with E-state index in [1.807, 2.05) is 0 Å². The van der Waals surface area contributed by atoms with Crippen molar-refractivity contribution in [1.82, 2.24) is 4.98 Å². The van der Waals surface area contributed by atoms with E-state index >= 15 is 0 Å². The molecule has 0 unspecified atom stereocenters. The van der Waals surface area contributed by atoms with E-state index < -0.39 is 11.8 Å². The third kappa shape index (κ3) is 2.28. The molecular weight excluding hydrogens is 237 g/mol. The second-order valence-electron chi connectivity index (χ2n) is 3.96. The quantitative estimate of drug-likeness (QED) is 0.487. The minimum atomic E-state index is -1.21. The summed E-state index contributed by atoms with van der Waals surface area (Å²) in [6.45, 7) is 1.23. The Morgan fingerprint density at radius 2 is 2.12 bits per heavy atom. The van der Waals surface area contributed by atoms with Crippen molar-refractivity contribution in [3.8, 4) is 0 Å². The van der Waals surface area contributed by atoms with E-state index in [1.54, 1.807) is 0 Å². The normalized spacial score (nSPS) is 20.9. The van der Waals surface area contributed by atoms with Crippen molar-refractivity contribution in [2.45, 2.75) is 25.0 Å². The van der Waals surface area contributed by atoms with Crippen molar-refractivity contribution in [3.63, 3.8) is 0 Å². The standard InChI is InChI=1S/C10H11NO4S.Li/c12-9(13)8-11-6-1-2-10(5-7(6)16-8)14-3-4-15-10;/h1-5H2,(H,12,13);/q;+1/p-1. The average molecular weight is 247 g/mol. The molecule has 0 bridgehead atoms. The molecule has 0 N–H and O–H groups in total. The van der Waals surface area contributed by atoms with Gasteiger partial charge in [0, 0.05) is 17.7 Å². The van der Waals surface area contributed by atoms with Crippen LogP contribution in [-0.4, -0.2) is 30.0 Å². The summed E-state index contributed by atoms with van der Waals surface area (Å²) in [5, 5.41) is 10.8. The molecule has 5 nitrogen and oxygen atoms in total. The molecule has 0 aromatic carbocycles. The Kier molecular flexibility index (Phi) is 3.62. The second-order valence-corrected chi connectivity index (χ2v) is 5.04. The number of rotatable bonds is 1. The topological polar surface area (TPSA) is 71.5 Å². The molecule has 17 heavy (non-hydrogen) atoms. The number of aryl methyl sites for hydroxylation is 1. The van der Waals surface area contributed by atoms with Gasteiger partial charge in [-0.3, -0.25) is 0 Å². The fraction of sp³-hybridized carbons (Fsp3) is 0.600. The van der Waals surface area contributed by atoms with Gasteiger partial charge in [0.15, 0.2) is 5.79 Å². The third-order valence-corrected chi connectivity index (χ3v) is 4.02. The molecule has 2 aliphatic rings. The summed E-state index contributed by atoms with van der Waals surface area (Å²) in [5.74, 6) is -1.73. The molecule has 0 saturated carbocycles. The Morgan fingerprint density at radius 3 is 2.76 bits per heavy atom. The van der Waals surface area contributed by atoms with Crippen LogP contribution >= 0.6 is 11.3 Å². The number of aromatic carboxylic acids is 1. The van der Waals surface area contributed by atoms with E-state index in [1.165, 1.54) is 11.3 Å². The summed E-state index contributed by atoms with van der Waals surface area (Å²) in [5.41, 5.74) is 0.855. The number of fused-ring (bicyclic) bond motifs is 1. The Morgan fingerprint density at radius 1 is 1.41 bits per heavy atom. The van der Waals surface area contributed by atoms with Crippen LogP contribution in [0.5, 0.6) is 0 Å². The number of aromatic nitrogens is 1. The van der Waals surface area contributed by atoms with Crippen LogP contribution in [0, 0.1) is 0 Å². The maximum absolute atomic E-state index is 10.7. The van der Waals surface area contributed by atoms with Crippen molar-refractivity contribution in [2.24, 2.45) is 0 Å². The zero-order valence-electron chi connectivity index (χ0n) is 9.52. The first-order chi connectivity index (χ1) is 7.69. The molecule has 2 heterocycles. The number of carbonyl (C=O) groups is 1. The Balaban J connectivity index is 0.00000108. The molecule has 1 spiro atoms. The second kappa shape index (κ2) is 4.71. The predicted molar refractivity (Wildman–Crippen MR) is 53.1 cm³/mol. The van der Waals surface area contributed by atoms with E-state index in [-0.39, 0.29) is 23.9 Å². The molecule has 7 heteroatoms.